The first kappa shape index (κ1) is 17.5. The van der Waals surface area contributed by atoms with Gasteiger partial charge >= 0.3 is 0 Å². The van der Waals surface area contributed by atoms with Gasteiger partial charge in [0.1, 0.15) is 18.2 Å². The fourth-order valence-electron chi connectivity index (χ4n) is 3.49. The van der Waals surface area contributed by atoms with Crippen LogP contribution in [0.1, 0.15) is 30.9 Å². The average molecular weight is 358 g/mol. The van der Waals surface area contributed by atoms with E-state index in [4.69, 9.17) is 11.6 Å². The Kier molecular flexibility index (Phi) is 4.82. The van der Waals surface area contributed by atoms with Crippen LogP contribution in [0.15, 0.2) is 23.1 Å². The summed E-state index contributed by atoms with van der Waals surface area (Å²) in [6.45, 7) is 5.55. The van der Waals surface area contributed by atoms with Gasteiger partial charge in [0.15, 0.2) is 0 Å². The lowest BCUT2D eigenvalue weighted by Gasteiger charge is -2.31. The van der Waals surface area contributed by atoms with Crippen LogP contribution in [0.3, 0.4) is 0 Å². The molecule has 0 N–H and O–H groups in total. The van der Waals surface area contributed by atoms with Gasteiger partial charge in [-0.2, -0.15) is 5.26 Å². The van der Waals surface area contributed by atoms with E-state index >= 15 is 0 Å². The molecule has 0 aliphatic carbocycles. The molecular formula is C19H20ClN3O2. The number of nitriles is 1. The third-order valence-corrected chi connectivity index (χ3v) is 4.99. The lowest BCUT2D eigenvalue weighted by atomic mass is 10.0. The topological polar surface area (TPSA) is 66.1 Å². The molecule has 5 nitrogen and oxygen atoms in total. The Bertz CT molecular complexity index is 942. The van der Waals surface area contributed by atoms with Gasteiger partial charge in [0, 0.05) is 24.7 Å². The lowest BCUT2D eigenvalue weighted by molar-refractivity contribution is -0.133. The molecule has 2 aromatic rings. The third kappa shape index (κ3) is 3.40. The summed E-state index contributed by atoms with van der Waals surface area (Å²) in [5, 5.41) is 10.1. The van der Waals surface area contributed by atoms with E-state index in [0.29, 0.717) is 21.8 Å². The highest BCUT2D eigenvalue weighted by Crippen LogP contribution is 2.24. The molecule has 1 atom stereocenters. The molecule has 0 bridgehead atoms. The van der Waals surface area contributed by atoms with Crippen LogP contribution in [-0.2, 0) is 11.3 Å². The van der Waals surface area contributed by atoms with Crippen LogP contribution >= 0.6 is 11.6 Å². The van der Waals surface area contributed by atoms with Crippen LogP contribution in [0.5, 0.6) is 0 Å². The highest BCUT2D eigenvalue weighted by molar-refractivity contribution is 6.35. The molecule has 2 heterocycles. The average Bonchev–Trinajstić information content (AvgIpc) is 2.57. The first-order valence-corrected chi connectivity index (χ1v) is 8.79. The number of pyridine rings is 1. The molecule has 25 heavy (non-hydrogen) atoms. The fourth-order valence-corrected chi connectivity index (χ4v) is 3.87. The SMILES string of the molecule is Cc1cc(Cl)c2c(c1)c(=O)c(C#N)cn2CC(=O)N1CCC[C@H](C)C1. The Morgan fingerprint density at radius 3 is 2.88 bits per heavy atom. The number of rotatable bonds is 2. The minimum atomic E-state index is -0.349. The van der Waals surface area contributed by atoms with Crippen molar-refractivity contribution in [1.82, 2.24) is 9.47 Å². The minimum absolute atomic E-state index is 0.0166. The maximum Gasteiger partial charge on any atom is 0.242 e. The zero-order valence-electron chi connectivity index (χ0n) is 14.4. The Hall–Kier alpha value is -2.32. The van der Waals surface area contributed by atoms with E-state index in [1.807, 2.05) is 17.9 Å². The predicted octanol–water partition coefficient (Wildman–Crippen LogP) is 3.09. The largest absolute Gasteiger partial charge is 0.341 e. The number of aryl methyl sites for hydroxylation is 1. The highest BCUT2D eigenvalue weighted by atomic mass is 35.5. The summed E-state index contributed by atoms with van der Waals surface area (Å²) in [5.41, 5.74) is 1.02. The molecular weight excluding hydrogens is 338 g/mol. The summed E-state index contributed by atoms with van der Waals surface area (Å²) in [6, 6.07) is 5.41. The van der Waals surface area contributed by atoms with E-state index in [-0.39, 0.29) is 23.4 Å². The molecule has 130 valence electrons. The second-order valence-corrected chi connectivity index (χ2v) is 7.25. The summed E-state index contributed by atoms with van der Waals surface area (Å²) in [6.07, 6.45) is 3.58. The second kappa shape index (κ2) is 6.89. The zero-order valence-corrected chi connectivity index (χ0v) is 15.1. The molecule has 1 aliphatic heterocycles. The van der Waals surface area contributed by atoms with Crippen LogP contribution in [0, 0.1) is 24.2 Å². The van der Waals surface area contributed by atoms with Crippen molar-refractivity contribution in [3.63, 3.8) is 0 Å². The van der Waals surface area contributed by atoms with Gasteiger partial charge in [-0.3, -0.25) is 9.59 Å². The monoisotopic (exact) mass is 357 g/mol. The molecule has 3 rings (SSSR count). The van der Waals surface area contributed by atoms with Gasteiger partial charge < -0.3 is 9.47 Å². The van der Waals surface area contributed by atoms with Crippen molar-refractivity contribution in [3.05, 3.63) is 44.7 Å². The van der Waals surface area contributed by atoms with Crippen molar-refractivity contribution >= 4 is 28.4 Å². The number of piperidine rings is 1. The van der Waals surface area contributed by atoms with Crippen molar-refractivity contribution in [2.45, 2.75) is 33.2 Å². The summed E-state index contributed by atoms with van der Waals surface area (Å²) < 4.78 is 1.64. The van der Waals surface area contributed by atoms with Gasteiger partial charge in [-0.1, -0.05) is 18.5 Å². The number of carbonyl (C=O) groups is 1. The van der Waals surface area contributed by atoms with Crippen LogP contribution < -0.4 is 5.43 Å². The van der Waals surface area contributed by atoms with Crippen LogP contribution in [0.2, 0.25) is 5.02 Å². The number of nitrogens with zero attached hydrogens (tertiary/aromatic N) is 3. The summed E-state index contributed by atoms with van der Waals surface area (Å²) >= 11 is 6.36. The van der Waals surface area contributed by atoms with E-state index in [0.717, 1.165) is 31.5 Å². The molecule has 6 heteroatoms. The van der Waals surface area contributed by atoms with Gasteiger partial charge in [0.25, 0.3) is 0 Å². The fraction of sp³-hybridized carbons (Fsp3) is 0.421. The zero-order chi connectivity index (χ0) is 18.1. The Labute approximate surface area is 151 Å². The van der Waals surface area contributed by atoms with Crippen LogP contribution in [0.25, 0.3) is 10.9 Å². The number of aromatic nitrogens is 1. The van der Waals surface area contributed by atoms with Crippen molar-refractivity contribution in [2.24, 2.45) is 5.92 Å². The number of benzene rings is 1. The van der Waals surface area contributed by atoms with E-state index in [2.05, 4.69) is 6.92 Å². The third-order valence-electron chi connectivity index (χ3n) is 4.70. The Morgan fingerprint density at radius 2 is 2.20 bits per heavy atom. The van der Waals surface area contributed by atoms with E-state index < -0.39 is 0 Å². The number of carbonyl (C=O) groups excluding carboxylic acids is 1. The molecule has 1 amide bonds. The predicted molar refractivity (Wildman–Crippen MR) is 97.6 cm³/mol. The van der Waals surface area contributed by atoms with Gasteiger partial charge in [0.2, 0.25) is 11.3 Å². The Morgan fingerprint density at radius 1 is 1.44 bits per heavy atom. The number of hydrogen-bond acceptors (Lipinski definition) is 3. The number of hydrogen-bond donors (Lipinski definition) is 0. The Balaban J connectivity index is 2.06. The second-order valence-electron chi connectivity index (χ2n) is 6.84. The molecule has 0 saturated carbocycles. The highest BCUT2D eigenvalue weighted by Gasteiger charge is 2.22. The van der Waals surface area contributed by atoms with Gasteiger partial charge in [-0.05, 0) is 43.4 Å². The van der Waals surface area contributed by atoms with Crippen LogP contribution in [0.4, 0.5) is 0 Å². The molecule has 0 unspecified atom stereocenters. The van der Waals surface area contributed by atoms with Crippen LogP contribution in [-0.4, -0.2) is 28.5 Å². The molecule has 1 aromatic carbocycles. The molecule has 1 fully saturated rings. The molecule has 1 aliphatic rings. The van der Waals surface area contributed by atoms with Crippen molar-refractivity contribution in [2.75, 3.05) is 13.1 Å². The quantitative estimate of drug-likeness (QED) is 0.829. The number of halogens is 1. The number of fused-ring (bicyclic) bond motifs is 1. The molecule has 1 aromatic heterocycles. The van der Waals surface area contributed by atoms with E-state index in [1.54, 1.807) is 16.7 Å². The summed E-state index contributed by atoms with van der Waals surface area (Å²) in [4.78, 5) is 27.0. The minimum Gasteiger partial charge on any atom is -0.341 e. The van der Waals surface area contributed by atoms with Crippen molar-refractivity contribution in [1.29, 1.82) is 5.26 Å². The van der Waals surface area contributed by atoms with E-state index in [9.17, 15) is 14.9 Å². The first-order valence-electron chi connectivity index (χ1n) is 8.42. The van der Waals surface area contributed by atoms with Gasteiger partial charge in [0.05, 0.1) is 10.5 Å². The first-order chi connectivity index (χ1) is 11.9. The smallest absolute Gasteiger partial charge is 0.242 e. The number of amides is 1. The summed E-state index contributed by atoms with van der Waals surface area (Å²) in [5.74, 6) is 0.474. The van der Waals surface area contributed by atoms with Crippen molar-refractivity contribution < 1.29 is 4.79 Å². The summed E-state index contributed by atoms with van der Waals surface area (Å²) in [7, 11) is 0. The maximum atomic E-state index is 12.7. The van der Waals surface area contributed by atoms with Gasteiger partial charge in [-0.25, -0.2) is 0 Å². The molecule has 1 saturated heterocycles. The van der Waals surface area contributed by atoms with E-state index in [1.165, 1.54) is 6.20 Å². The molecule has 0 radical (unpaired) electrons. The lowest BCUT2D eigenvalue weighted by Crippen LogP contribution is -2.41. The normalized spacial score (nSPS) is 17.5. The standard InChI is InChI=1S/C19H20ClN3O2/c1-12-4-3-5-22(9-12)17(24)11-23-10-14(8-21)19(25)15-6-13(2)7-16(20)18(15)23/h6-7,10,12H,3-5,9,11H2,1-2H3/t12-/m0/s1. The maximum absolute atomic E-state index is 12.7. The van der Waals surface area contributed by atoms with Gasteiger partial charge in [-0.15, -0.1) is 0 Å². The number of likely N-dealkylation sites (tertiary alicyclic amines) is 1. The molecule has 0 spiro atoms. The van der Waals surface area contributed by atoms with Crippen molar-refractivity contribution in [3.8, 4) is 6.07 Å².